The molecule has 0 radical (unpaired) electrons. The van der Waals surface area contributed by atoms with Crippen molar-refractivity contribution in [1.82, 2.24) is 19.5 Å². The third kappa shape index (κ3) is 5.20. The molecule has 2 N–H and O–H groups in total. The topological polar surface area (TPSA) is 123 Å². The number of phenols is 1. The van der Waals surface area contributed by atoms with Crippen LogP contribution in [-0.4, -0.2) is 47.0 Å². The number of alkyl halides is 3. The number of sulfonamides is 1. The highest BCUT2D eigenvalue weighted by atomic mass is 35.5. The second kappa shape index (κ2) is 9.04. The fourth-order valence-electron chi connectivity index (χ4n) is 3.33. The summed E-state index contributed by atoms with van der Waals surface area (Å²) in [6.45, 7) is -0.157. The largest absolute Gasteiger partial charge is 0.507 e. The molecule has 0 atom stereocenters. The van der Waals surface area contributed by atoms with Gasteiger partial charge in [-0.15, -0.1) is 5.10 Å². The molecule has 0 saturated heterocycles. The van der Waals surface area contributed by atoms with Gasteiger partial charge in [-0.2, -0.15) is 13.2 Å². The quantitative estimate of drug-likeness (QED) is 0.424. The van der Waals surface area contributed by atoms with Crippen LogP contribution in [0.1, 0.15) is 29.6 Å². The molecular formula is C21H18ClF3N4O5S. The van der Waals surface area contributed by atoms with Crippen molar-refractivity contribution in [3.63, 3.8) is 0 Å². The minimum Gasteiger partial charge on any atom is -0.507 e. The van der Waals surface area contributed by atoms with E-state index in [0.717, 1.165) is 12.1 Å². The maximum absolute atomic E-state index is 13.0. The van der Waals surface area contributed by atoms with Crippen molar-refractivity contribution >= 4 is 27.5 Å². The van der Waals surface area contributed by atoms with Crippen LogP contribution >= 0.6 is 11.6 Å². The lowest BCUT2D eigenvalue weighted by Crippen LogP contribution is -2.31. The van der Waals surface area contributed by atoms with Gasteiger partial charge in [0, 0.05) is 12.3 Å². The molecule has 1 fully saturated rings. The van der Waals surface area contributed by atoms with E-state index in [4.69, 9.17) is 16.3 Å². The summed E-state index contributed by atoms with van der Waals surface area (Å²) in [4.78, 5) is 16.0. The highest BCUT2D eigenvalue weighted by Gasteiger charge is 2.62. The number of hydrogen-bond acceptors (Lipinski definition) is 7. The van der Waals surface area contributed by atoms with Gasteiger partial charge >= 0.3 is 6.18 Å². The van der Waals surface area contributed by atoms with Crippen LogP contribution in [0.4, 0.5) is 13.2 Å². The lowest BCUT2D eigenvalue weighted by atomic mass is 10.0. The summed E-state index contributed by atoms with van der Waals surface area (Å²) in [5.74, 6) is -1.37. The Bertz CT molecular complexity index is 1370. The Morgan fingerprint density at radius 2 is 1.91 bits per heavy atom. The summed E-state index contributed by atoms with van der Waals surface area (Å²) in [6, 6.07) is 9.08. The molecule has 3 aromatic rings. The molecule has 0 aliphatic heterocycles. The number of nitrogens with zero attached hydrogens (tertiary/aromatic N) is 3. The van der Waals surface area contributed by atoms with Gasteiger partial charge in [0.2, 0.25) is 5.88 Å². The van der Waals surface area contributed by atoms with Crippen molar-refractivity contribution in [3.8, 4) is 17.4 Å². The van der Waals surface area contributed by atoms with E-state index in [9.17, 15) is 31.5 Å². The number of pyridine rings is 1. The SMILES string of the molecule is O=C(NS(=O)(=O)c1ccccc1O)c1ccc(-n2ccc(OCCC3(C(F)(F)F)CC3)n2)nc1Cl. The van der Waals surface area contributed by atoms with Crippen molar-refractivity contribution in [3.05, 3.63) is 59.4 Å². The van der Waals surface area contributed by atoms with Crippen LogP contribution in [0.5, 0.6) is 11.6 Å². The molecule has 0 unspecified atom stereocenters. The van der Waals surface area contributed by atoms with E-state index in [1.54, 1.807) is 0 Å². The number of ether oxygens (including phenoxy) is 1. The van der Waals surface area contributed by atoms with Crippen LogP contribution in [0.25, 0.3) is 5.82 Å². The number of benzene rings is 1. The summed E-state index contributed by atoms with van der Waals surface area (Å²) in [5.41, 5.74) is -1.92. The maximum atomic E-state index is 13.0. The zero-order valence-electron chi connectivity index (χ0n) is 17.8. The summed E-state index contributed by atoms with van der Waals surface area (Å²) in [6.07, 6.45) is -2.81. The van der Waals surface area contributed by atoms with Gasteiger partial charge in [0.15, 0.2) is 5.82 Å². The smallest absolute Gasteiger partial charge is 0.394 e. The summed E-state index contributed by atoms with van der Waals surface area (Å²) >= 11 is 6.08. The predicted octanol–water partition coefficient (Wildman–Crippen LogP) is 3.86. The van der Waals surface area contributed by atoms with Crippen LogP contribution in [0.15, 0.2) is 53.6 Å². The monoisotopic (exact) mass is 530 g/mol. The molecule has 14 heteroatoms. The van der Waals surface area contributed by atoms with Crippen LogP contribution in [0.2, 0.25) is 5.15 Å². The third-order valence-electron chi connectivity index (χ3n) is 5.55. The summed E-state index contributed by atoms with van der Waals surface area (Å²) in [5, 5.41) is 13.5. The van der Waals surface area contributed by atoms with E-state index in [-0.39, 0.29) is 48.3 Å². The molecule has 1 saturated carbocycles. The fourth-order valence-corrected chi connectivity index (χ4v) is 4.63. The van der Waals surface area contributed by atoms with Gasteiger partial charge < -0.3 is 9.84 Å². The summed E-state index contributed by atoms with van der Waals surface area (Å²) in [7, 11) is -4.38. The van der Waals surface area contributed by atoms with Gasteiger partial charge in [-0.25, -0.2) is 22.8 Å². The van der Waals surface area contributed by atoms with Crippen LogP contribution in [0, 0.1) is 5.41 Å². The third-order valence-corrected chi connectivity index (χ3v) is 7.21. The zero-order valence-corrected chi connectivity index (χ0v) is 19.4. The maximum Gasteiger partial charge on any atom is 0.394 e. The zero-order chi connectivity index (χ0) is 25.4. The number of amides is 1. The molecule has 0 spiro atoms. The molecule has 2 heterocycles. The molecule has 35 heavy (non-hydrogen) atoms. The molecule has 2 aromatic heterocycles. The first-order chi connectivity index (χ1) is 16.4. The van der Waals surface area contributed by atoms with Crippen molar-refractivity contribution in [1.29, 1.82) is 0 Å². The van der Waals surface area contributed by atoms with E-state index in [1.165, 1.54) is 41.2 Å². The molecule has 1 aliphatic rings. The Hall–Kier alpha value is -3.32. The minimum absolute atomic E-state index is 0.0801. The van der Waals surface area contributed by atoms with E-state index in [1.807, 2.05) is 4.72 Å². The van der Waals surface area contributed by atoms with Gasteiger partial charge in [-0.3, -0.25) is 4.79 Å². The van der Waals surface area contributed by atoms with Crippen LogP contribution in [-0.2, 0) is 10.0 Å². The van der Waals surface area contributed by atoms with Crippen molar-refractivity contribution in [2.24, 2.45) is 5.41 Å². The van der Waals surface area contributed by atoms with Gasteiger partial charge in [0.05, 0.1) is 17.6 Å². The van der Waals surface area contributed by atoms with E-state index < -0.39 is 38.2 Å². The molecule has 4 rings (SSSR count). The van der Waals surface area contributed by atoms with Gasteiger partial charge in [-0.05, 0) is 43.5 Å². The Morgan fingerprint density at radius 1 is 1.20 bits per heavy atom. The van der Waals surface area contributed by atoms with Crippen LogP contribution in [0.3, 0.4) is 0 Å². The van der Waals surface area contributed by atoms with Gasteiger partial charge in [0.25, 0.3) is 15.9 Å². The average Bonchev–Trinajstić information content (AvgIpc) is 3.43. The van der Waals surface area contributed by atoms with E-state index >= 15 is 0 Å². The Labute approximate surface area is 202 Å². The molecule has 0 bridgehead atoms. The standard InChI is InChI=1S/C21H18ClF3N4O5S/c22-18-13(19(31)28-35(32,33)15-4-2-1-3-14(15)30)5-6-16(26-18)29-11-7-17(27-29)34-12-10-20(8-9-20)21(23,24)25/h1-7,11,30H,8-10,12H2,(H,28,31). The fraction of sp³-hybridized carbons (Fsp3) is 0.286. The first-order valence-electron chi connectivity index (χ1n) is 10.2. The van der Waals surface area contributed by atoms with Gasteiger partial charge in [0.1, 0.15) is 15.8 Å². The number of halogens is 4. The molecule has 1 aromatic carbocycles. The average molecular weight is 531 g/mol. The lowest BCUT2D eigenvalue weighted by molar-refractivity contribution is -0.190. The minimum atomic E-state index is -4.38. The number of rotatable bonds is 8. The number of phenolic OH excluding ortho intramolecular Hbond substituents is 1. The van der Waals surface area contributed by atoms with Crippen molar-refractivity contribution < 1.29 is 36.2 Å². The van der Waals surface area contributed by atoms with Crippen molar-refractivity contribution in [2.45, 2.75) is 30.3 Å². The predicted molar refractivity (Wildman–Crippen MR) is 117 cm³/mol. The first-order valence-corrected chi connectivity index (χ1v) is 12.1. The highest BCUT2D eigenvalue weighted by molar-refractivity contribution is 7.90. The highest BCUT2D eigenvalue weighted by Crippen LogP contribution is 2.59. The normalized spacial score (nSPS) is 15.0. The van der Waals surface area contributed by atoms with Crippen LogP contribution < -0.4 is 9.46 Å². The van der Waals surface area contributed by atoms with E-state index in [2.05, 4.69) is 10.1 Å². The molecule has 1 amide bonds. The first kappa shape index (κ1) is 24.8. The van der Waals surface area contributed by atoms with Gasteiger partial charge in [-0.1, -0.05) is 23.7 Å². The number of hydrogen-bond donors (Lipinski definition) is 2. The summed E-state index contributed by atoms with van der Waals surface area (Å²) < 4.78 is 72.2. The lowest BCUT2D eigenvalue weighted by Gasteiger charge is -2.18. The number of nitrogens with one attached hydrogen (secondary N) is 1. The van der Waals surface area contributed by atoms with E-state index in [0.29, 0.717) is 0 Å². The Morgan fingerprint density at radius 3 is 2.54 bits per heavy atom. The number of para-hydroxylation sites is 1. The molecule has 186 valence electrons. The second-order valence-electron chi connectivity index (χ2n) is 7.89. The number of carbonyl (C=O) groups excluding carboxylic acids is 1. The Balaban J connectivity index is 1.42. The molecule has 1 aliphatic carbocycles. The number of aromatic hydroxyl groups is 1. The van der Waals surface area contributed by atoms with Crippen molar-refractivity contribution in [2.75, 3.05) is 6.61 Å². The Kier molecular flexibility index (Phi) is 6.40. The molecular weight excluding hydrogens is 513 g/mol. The molecule has 9 nitrogen and oxygen atoms in total. The number of carbonyl (C=O) groups is 1. The second-order valence-corrected chi connectivity index (χ2v) is 9.89. The number of aromatic nitrogens is 3.